The maximum Gasteiger partial charge on any atom is 0.200 e. The molecule has 0 radical (unpaired) electrons. The number of para-hydroxylation sites is 1. The zero-order valence-corrected chi connectivity index (χ0v) is 16.8. The van der Waals surface area contributed by atoms with Gasteiger partial charge in [0.2, 0.25) is 0 Å². The predicted molar refractivity (Wildman–Crippen MR) is 110 cm³/mol. The number of rotatable bonds is 5. The van der Waals surface area contributed by atoms with Gasteiger partial charge in [-0.25, -0.2) is 4.68 Å². The molecule has 9 nitrogen and oxygen atoms in total. The maximum absolute atomic E-state index is 12.7. The molecule has 3 heterocycles. The summed E-state index contributed by atoms with van der Waals surface area (Å²) in [6, 6.07) is 7.23. The number of morpholine rings is 1. The Balaban J connectivity index is 1.41. The van der Waals surface area contributed by atoms with Crippen molar-refractivity contribution in [2.24, 2.45) is 0 Å². The van der Waals surface area contributed by atoms with Crippen LogP contribution in [0.4, 0.5) is 5.88 Å². The molecule has 1 aliphatic heterocycles. The largest absolute Gasteiger partial charge is 0.482 e. The molecule has 1 aliphatic carbocycles. The Morgan fingerprint density at radius 1 is 1.13 bits per heavy atom. The van der Waals surface area contributed by atoms with Gasteiger partial charge >= 0.3 is 0 Å². The van der Waals surface area contributed by atoms with Crippen LogP contribution in [0.5, 0.6) is 5.75 Å². The van der Waals surface area contributed by atoms with Gasteiger partial charge in [-0.1, -0.05) is 25.3 Å². The molecule has 0 spiro atoms. The van der Waals surface area contributed by atoms with Crippen LogP contribution in [-0.2, 0) is 11.3 Å². The molecule has 0 amide bonds. The first-order valence-corrected chi connectivity index (χ1v) is 10.6. The highest BCUT2D eigenvalue weighted by Gasteiger charge is 2.21. The molecule has 0 atom stereocenters. The molecule has 158 valence electrons. The first-order valence-electron chi connectivity index (χ1n) is 10.6. The Hall–Kier alpha value is -2.94. The third kappa shape index (κ3) is 3.77. The molecule has 1 saturated carbocycles. The molecule has 2 aromatic heterocycles. The van der Waals surface area contributed by atoms with E-state index in [1.165, 1.54) is 19.3 Å². The Bertz CT molecular complexity index is 1070. The van der Waals surface area contributed by atoms with E-state index in [2.05, 4.69) is 15.5 Å². The lowest BCUT2D eigenvalue weighted by Crippen LogP contribution is -2.36. The minimum atomic E-state index is -0.0877. The summed E-state index contributed by atoms with van der Waals surface area (Å²) < 4.78 is 19.5. The summed E-state index contributed by atoms with van der Waals surface area (Å²) in [6.07, 6.45) is 5.84. The van der Waals surface area contributed by atoms with Crippen molar-refractivity contribution in [1.82, 2.24) is 20.2 Å². The van der Waals surface area contributed by atoms with Crippen LogP contribution in [0.2, 0.25) is 0 Å². The minimum absolute atomic E-state index is 0.0877. The maximum atomic E-state index is 12.7. The van der Waals surface area contributed by atoms with Crippen molar-refractivity contribution in [2.45, 2.75) is 44.8 Å². The summed E-state index contributed by atoms with van der Waals surface area (Å²) in [7, 11) is 0. The molecule has 3 aromatic rings. The van der Waals surface area contributed by atoms with Gasteiger partial charge in [-0.05, 0) is 35.4 Å². The second-order valence-electron chi connectivity index (χ2n) is 7.80. The fraction of sp³-hybridized carbons (Fsp3) is 0.524. The minimum Gasteiger partial charge on any atom is -0.482 e. The van der Waals surface area contributed by atoms with E-state index >= 15 is 0 Å². The van der Waals surface area contributed by atoms with Gasteiger partial charge < -0.3 is 18.8 Å². The summed E-state index contributed by atoms with van der Waals surface area (Å²) >= 11 is 0. The van der Waals surface area contributed by atoms with Crippen LogP contribution in [0.15, 0.2) is 33.5 Å². The van der Waals surface area contributed by atoms with E-state index in [1.807, 2.05) is 15.6 Å². The number of tetrazole rings is 1. The van der Waals surface area contributed by atoms with E-state index in [1.54, 1.807) is 18.2 Å². The second kappa shape index (κ2) is 8.43. The quantitative estimate of drug-likeness (QED) is 0.632. The molecule has 9 heteroatoms. The second-order valence-corrected chi connectivity index (χ2v) is 7.80. The Morgan fingerprint density at radius 2 is 1.97 bits per heavy atom. The predicted octanol–water partition coefficient (Wildman–Crippen LogP) is 2.70. The molecule has 2 aliphatic rings. The van der Waals surface area contributed by atoms with Gasteiger partial charge in [-0.2, -0.15) is 0 Å². The number of aromatic nitrogens is 4. The first kappa shape index (κ1) is 19.0. The summed E-state index contributed by atoms with van der Waals surface area (Å²) in [5.41, 5.74) is 0.360. The van der Waals surface area contributed by atoms with E-state index in [-0.39, 0.29) is 12.0 Å². The van der Waals surface area contributed by atoms with Crippen molar-refractivity contribution < 1.29 is 13.9 Å². The third-order valence-electron chi connectivity index (χ3n) is 5.87. The summed E-state index contributed by atoms with van der Waals surface area (Å²) in [5, 5.41) is 12.7. The van der Waals surface area contributed by atoms with Crippen molar-refractivity contribution in [3.05, 3.63) is 40.3 Å². The lowest BCUT2D eigenvalue weighted by atomic mass is 9.96. The van der Waals surface area contributed by atoms with Crippen LogP contribution < -0.4 is 15.1 Å². The van der Waals surface area contributed by atoms with E-state index < -0.39 is 0 Å². The fourth-order valence-electron chi connectivity index (χ4n) is 4.25. The highest BCUT2D eigenvalue weighted by molar-refractivity contribution is 5.83. The molecule has 0 N–H and O–H groups in total. The summed E-state index contributed by atoms with van der Waals surface area (Å²) in [4.78, 5) is 14.7. The average Bonchev–Trinajstić information content (AvgIpc) is 3.27. The van der Waals surface area contributed by atoms with Crippen LogP contribution in [0.1, 0.15) is 44.0 Å². The lowest BCUT2D eigenvalue weighted by Gasteiger charge is -2.27. The van der Waals surface area contributed by atoms with Gasteiger partial charge in [0.05, 0.1) is 24.6 Å². The Morgan fingerprint density at radius 3 is 2.80 bits per heavy atom. The number of fused-ring (bicyclic) bond motifs is 1. The zero-order valence-electron chi connectivity index (χ0n) is 16.8. The summed E-state index contributed by atoms with van der Waals surface area (Å²) in [5.74, 6) is 1.74. The van der Waals surface area contributed by atoms with E-state index in [9.17, 15) is 4.79 Å². The van der Waals surface area contributed by atoms with Gasteiger partial charge in [0.25, 0.3) is 0 Å². The molecule has 1 saturated heterocycles. The van der Waals surface area contributed by atoms with Crippen LogP contribution in [0, 0.1) is 0 Å². The Kier molecular flexibility index (Phi) is 5.35. The molecular weight excluding hydrogens is 386 g/mol. The lowest BCUT2D eigenvalue weighted by molar-refractivity contribution is 0.120. The van der Waals surface area contributed by atoms with Gasteiger partial charge in [-0.15, -0.1) is 5.10 Å². The van der Waals surface area contributed by atoms with Crippen LogP contribution in [0.25, 0.3) is 11.0 Å². The molecule has 2 fully saturated rings. The van der Waals surface area contributed by atoms with Gasteiger partial charge in [0.15, 0.2) is 28.5 Å². The third-order valence-corrected chi connectivity index (χ3v) is 5.87. The molecule has 0 unspecified atom stereocenters. The van der Waals surface area contributed by atoms with E-state index in [0.717, 1.165) is 12.8 Å². The van der Waals surface area contributed by atoms with Crippen molar-refractivity contribution >= 4 is 16.9 Å². The topological polar surface area (TPSA) is 95.5 Å². The average molecular weight is 411 g/mol. The molecular formula is C21H25N5O4. The normalized spacial score (nSPS) is 18.1. The van der Waals surface area contributed by atoms with Gasteiger partial charge in [0, 0.05) is 19.2 Å². The van der Waals surface area contributed by atoms with Crippen LogP contribution in [-0.4, -0.2) is 46.5 Å². The van der Waals surface area contributed by atoms with Crippen LogP contribution in [0.3, 0.4) is 0 Å². The molecule has 30 heavy (non-hydrogen) atoms. The molecule has 5 rings (SSSR count). The molecule has 0 bridgehead atoms. The number of hydrogen-bond donors (Lipinski definition) is 0. The number of ether oxygens (including phenoxy) is 2. The smallest absolute Gasteiger partial charge is 0.200 e. The fourth-order valence-corrected chi connectivity index (χ4v) is 4.25. The highest BCUT2D eigenvalue weighted by Crippen LogP contribution is 2.30. The van der Waals surface area contributed by atoms with Gasteiger partial charge in [-0.3, -0.25) is 4.79 Å². The van der Waals surface area contributed by atoms with Crippen LogP contribution >= 0.6 is 0 Å². The Labute approximate surface area is 173 Å². The number of anilines is 1. The number of benzene rings is 1. The standard InChI is InChI=1S/C21H25N5O4/c27-17-13-20(25-9-11-28-12-10-25)30-21-16(17)7-4-8-18(21)29-14-19-22-23-24-26(19)15-5-2-1-3-6-15/h4,7-8,13,15H,1-3,5-6,9-12,14H2. The monoisotopic (exact) mass is 411 g/mol. The van der Waals surface area contributed by atoms with Crippen molar-refractivity contribution in [2.75, 3.05) is 31.2 Å². The summed E-state index contributed by atoms with van der Waals surface area (Å²) in [6.45, 7) is 2.82. The zero-order chi connectivity index (χ0) is 20.3. The highest BCUT2D eigenvalue weighted by atomic mass is 16.5. The van der Waals surface area contributed by atoms with Crippen molar-refractivity contribution in [1.29, 1.82) is 0 Å². The van der Waals surface area contributed by atoms with E-state index in [4.69, 9.17) is 13.9 Å². The number of hydrogen-bond acceptors (Lipinski definition) is 8. The van der Waals surface area contributed by atoms with Crippen molar-refractivity contribution in [3.8, 4) is 5.75 Å². The molecule has 1 aromatic carbocycles. The van der Waals surface area contributed by atoms with E-state index in [0.29, 0.717) is 60.8 Å². The SMILES string of the molecule is O=c1cc(N2CCOCC2)oc2c(OCc3nnnn3C3CCCCC3)cccc12. The number of nitrogens with zero attached hydrogens (tertiary/aromatic N) is 5. The van der Waals surface area contributed by atoms with Crippen molar-refractivity contribution in [3.63, 3.8) is 0 Å². The first-order chi connectivity index (χ1) is 14.8. The van der Waals surface area contributed by atoms with Gasteiger partial charge in [0.1, 0.15) is 6.61 Å².